The number of aromatic nitrogens is 2. The van der Waals surface area contributed by atoms with E-state index in [0.29, 0.717) is 5.89 Å². The summed E-state index contributed by atoms with van der Waals surface area (Å²) in [5.74, 6) is 1.68. The Labute approximate surface area is 146 Å². The van der Waals surface area contributed by atoms with Crippen molar-refractivity contribution in [2.24, 2.45) is 0 Å². The topological polar surface area (TPSA) is 59.2 Å². The van der Waals surface area contributed by atoms with Gasteiger partial charge in [-0.2, -0.15) is 4.98 Å². The quantitative estimate of drug-likeness (QED) is 0.840. The van der Waals surface area contributed by atoms with E-state index in [9.17, 15) is 4.79 Å². The van der Waals surface area contributed by atoms with Crippen molar-refractivity contribution in [3.05, 3.63) is 33.1 Å². The van der Waals surface area contributed by atoms with Crippen molar-refractivity contribution in [2.75, 3.05) is 6.54 Å². The molecule has 0 radical (unpaired) electrons. The van der Waals surface area contributed by atoms with Gasteiger partial charge in [-0.3, -0.25) is 4.79 Å². The zero-order valence-electron chi connectivity index (χ0n) is 14.2. The first-order chi connectivity index (χ1) is 11.6. The van der Waals surface area contributed by atoms with Crippen LogP contribution in [-0.4, -0.2) is 27.5 Å². The van der Waals surface area contributed by atoms with Crippen molar-refractivity contribution in [1.29, 1.82) is 0 Å². The van der Waals surface area contributed by atoms with Crippen LogP contribution >= 0.6 is 11.3 Å². The monoisotopic (exact) mass is 345 g/mol. The molecule has 0 unspecified atom stereocenters. The number of amides is 1. The molecule has 2 aromatic heterocycles. The predicted molar refractivity (Wildman–Crippen MR) is 92.4 cm³/mol. The highest BCUT2D eigenvalue weighted by Gasteiger charge is 2.36. The number of hydrogen-bond donors (Lipinski definition) is 0. The summed E-state index contributed by atoms with van der Waals surface area (Å²) >= 11 is 1.75. The van der Waals surface area contributed by atoms with Gasteiger partial charge in [0.25, 0.3) is 5.91 Å². The number of fused-ring (bicyclic) bond motifs is 1. The Hall–Kier alpha value is -1.69. The van der Waals surface area contributed by atoms with E-state index in [1.165, 1.54) is 23.3 Å². The Balaban J connectivity index is 1.60. The van der Waals surface area contributed by atoms with Crippen LogP contribution in [0.5, 0.6) is 0 Å². The van der Waals surface area contributed by atoms with E-state index < -0.39 is 0 Å². The molecule has 0 aromatic carbocycles. The van der Waals surface area contributed by atoms with Crippen LogP contribution in [-0.2, 0) is 12.8 Å². The molecule has 24 heavy (non-hydrogen) atoms. The number of likely N-dealkylation sites (tertiary alicyclic amines) is 1. The lowest BCUT2D eigenvalue weighted by Gasteiger charge is -2.23. The average Bonchev–Trinajstić information content (AvgIpc) is 3.31. The van der Waals surface area contributed by atoms with Gasteiger partial charge < -0.3 is 9.42 Å². The van der Waals surface area contributed by atoms with E-state index in [2.05, 4.69) is 15.5 Å². The SMILES string of the molecule is CC(C)c1noc([C@H]2CCCN2C(=O)c2csc3c2CCCC3)n1. The molecule has 3 heterocycles. The van der Waals surface area contributed by atoms with Gasteiger partial charge in [-0.15, -0.1) is 11.3 Å². The number of carbonyl (C=O) groups excluding carboxylic acids is 1. The summed E-state index contributed by atoms with van der Waals surface area (Å²) in [6.07, 6.45) is 6.48. The average molecular weight is 345 g/mol. The lowest BCUT2D eigenvalue weighted by molar-refractivity contribution is 0.0709. The predicted octanol–water partition coefficient (Wildman–Crippen LogP) is 4.11. The molecule has 2 aliphatic rings. The van der Waals surface area contributed by atoms with Crippen LogP contribution in [0.25, 0.3) is 0 Å². The highest BCUT2D eigenvalue weighted by molar-refractivity contribution is 7.10. The molecule has 0 saturated carbocycles. The van der Waals surface area contributed by atoms with Crippen molar-refractivity contribution in [3.8, 4) is 0 Å². The number of aryl methyl sites for hydroxylation is 1. The molecular formula is C18H23N3O2S. The molecule has 2 aromatic rings. The van der Waals surface area contributed by atoms with E-state index in [-0.39, 0.29) is 17.9 Å². The number of nitrogens with zero attached hydrogens (tertiary/aromatic N) is 3. The molecule has 0 bridgehead atoms. The van der Waals surface area contributed by atoms with Crippen molar-refractivity contribution in [1.82, 2.24) is 15.0 Å². The largest absolute Gasteiger partial charge is 0.337 e. The van der Waals surface area contributed by atoms with E-state index in [0.717, 1.165) is 43.6 Å². The fraction of sp³-hybridized carbons (Fsp3) is 0.611. The van der Waals surface area contributed by atoms with Gasteiger partial charge in [0.05, 0.1) is 5.56 Å². The molecule has 1 saturated heterocycles. The van der Waals surface area contributed by atoms with Crippen LogP contribution in [0.4, 0.5) is 0 Å². The molecule has 1 aliphatic heterocycles. The second-order valence-electron chi connectivity index (χ2n) is 7.06. The molecule has 0 spiro atoms. The second-order valence-corrected chi connectivity index (χ2v) is 8.02. The normalized spacial score (nSPS) is 20.6. The van der Waals surface area contributed by atoms with Crippen LogP contribution in [0.15, 0.2) is 9.90 Å². The summed E-state index contributed by atoms with van der Waals surface area (Å²) in [6.45, 7) is 4.86. The van der Waals surface area contributed by atoms with E-state index in [1.807, 2.05) is 18.7 Å². The third-order valence-electron chi connectivity index (χ3n) is 5.06. The number of thiophene rings is 1. The first-order valence-corrected chi connectivity index (χ1v) is 9.77. The van der Waals surface area contributed by atoms with Crippen molar-refractivity contribution in [2.45, 2.75) is 64.3 Å². The highest BCUT2D eigenvalue weighted by atomic mass is 32.1. The maximum Gasteiger partial charge on any atom is 0.255 e. The Morgan fingerprint density at radius 2 is 2.17 bits per heavy atom. The smallest absolute Gasteiger partial charge is 0.255 e. The van der Waals surface area contributed by atoms with Crippen LogP contribution < -0.4 is 0 Å². The molecule has 1 aliphatic carbocycles. The van der Waals surface area contributed by atoms with Gasteiger partial charge in [0.2, 0.25) is 5.89 Å². The standard InChI is InChI=1S/C18H23N3O2S/c1-11(2)16-19-17(23-20-16)14-7-5-9-21(14)18(22)13-10-24-15-8-4-3-6-12(13)15/h10-11,14H,3-9H2,1-2H3/t14-/m1/s1. The van der Waals surface area contributed by atoms with E-state index >= 15 is 0 Å². The zero-order valence-corrected chi connectivity index (χ0v) is 15.1. The van der Waals surface area contributed by atoms with Gasteiger partial charge in [0, 0.05) is 22.7 Å². The Morgan fingerprint density at radius 1 is 1.33 bits per heavy atom. The Kier molecular flexibility index (Phi) is 4.16. The van der Waals surface area contributed by atoms with Crippen molar-refractivity contribution in [3.63, 3.8) is 0 Å². The van der Waals surface area contributed by atoms with Gasteiger partial charge >= 0.3 is 0 Å². The lowest BCUT2D eigenvalue weighted by Crippen LogP contribution is -2.31. The number of hydrogen-bond acceptors (Lipinski definition) is 5. The maximum absolute atomic E-state index is 13.1. The molecule has 5 nitrogen and oxygen atoms in total. The fourth-order valence-corrected chi connectivity index (χ4v) is 4.83. The summed E-state index contributed by atoms with van der Waals surface area (Å²) in [4.78, 5) is 21.0. The summed E-state index contributed by atoms with van der Waals surface area (Å²) in [7, 11) is 0. The van der Waals surface area contributed by atoms with Crippen LogP contribution in [0.1, 0.15) is 84.0 Å². The van der Waals surface area contributed by atoms with Gasteiger partial charge in [-0.1, -0.05) is 19.0 Å². The third kappa shape index (κ3) is 2.66. The molecule has 1 atom stereocenters. The zero-order chi connectivity index (χ0) is 16.7. The minimum atomic E-state index is -0.0726. The Morgan fingerprint density at radius 3 is 2.96 bits per heavy atom. The molecule has 1 amide bonds. The molecule has 6 heteroatoms. The summed E-state index contributed by atoms with van der Waals surface area (Å²) in [5.41, 5.74) is 2.19. The summed E-state index contributed by atoms with van der Waals surface area (Å²) < 4.78 is 5.47. The molecule has 4 rings (SSSR count). The molecule has 1 fully saturated rings. The second kappa shape index (κ2) is 6.31. The molecular weight excluding hydrogens is 322 g/mol. The van der Waals surface area contributed by atoms with E-state index in [1.54, 1.807) is 11.3 Å². The number of carbonyl (C=O) groups is 1. The van der Waals surface area contributed by atoms with Gasteiger partial charge in [-0.05, 0) is 44.1 Å². The lowest BCUT2D eigenvalue weighted by atomic mass is 9.95. The Bertz CT molecular complexity index is 749. The van der Waals surface area contributed by atoms with Crippen LogP contribution in [0.2, 0.25) is 0 Å². The van der Waals surface area contributed by atoms with E-state index in [4.69, 9.17) is 4.52 Å². The van der Waals surface area contributed by atoms with Gasteiger partial charge in [0.1, 0.15) is 6.04 Å². The fourth-order valence-electron chi connectivity index (χ4n) is 3.71. The first kappa shape index (κ1) is 15.8. The first-order valence-electron chi connectivity index (χ1n) is 8.89. The molecule has 0 N–H and O–H groups in total. The summed E-state index contributed by atoms with van der Waals surface area (Å²) in [6, 6.07) is -0.0726. The minimum absolute atomic E-state index is 0.0726. The van der Waals surface area contributed by atoms with Crippen molar-refractivity contribution >= 4 is 17.2 Å². The highest BCUT2D eigenvalue weighted by Crippen LogP contribution is 2.36. The number of rotatable bonds is 3. The third-order valence-corrected chi connectivity index (χ3v) is 6.15. The van der Waals surface area contributed by atoms with Crippen LogP contribution in [0.3, 0.4) is 0 Å². The summed E-state index contributed by atoms with van der Waals surface area (Å²) in [5, 5.41) is 6.12. The van der Waals surface area contributed by atoms with Crippen molar-refractivity contribution < 1.29 is 9.32 Å². The maximum atomic E-state index is 13.1. The van der Waals surface area contributed by atoms with Gasteiger partial charge in [0.15, 0.2) is 5.82 Å². The van der Waals surface area contributed by atoms with Crippen LogP contribution in [0, 0.1) is 0 Å². The molecule has 128 valence electrons. The minimum Gasteiger partial charge on any atom is -0.337 e. The van der Waals surface area contributed by atoms with Gasteiger partial charge in [-0.25, -0.2) is 0 Å².